The van der Waals surface area contributed by atoms with E-state index in [0.717, 1.165) is 12.8 Å². The van der Waals surface area contributed by atoms with E-state index < -0.39 is 20.0 Å². The third-order valence-corrected chi connectivity index (χ3v) is 28.7. The Bertz CT molecular complexity index is 2340. The van der Waals surface area contributed by atoms with Crippen LogP contribution >= 0.6 is 0 Å². The maximum atomic E-state index is 2.79. The van der Waals surface area contributed by atoms with Crippen molar-refractivity contribution in [3.63, 3.8) is 0 Å². The molecule has 0 saturated carbocycles. The molecule has 0 nitrogen and oxygen atoms in total. The van der Waals surface area contributed by atoms with E-state index in [1.807, 2.05) is 0 Å². The van der Waals surface area contributed by atoms with Gasteiger partial charge < -0.3 is 0 Å². The molecule has 1 heterocycles. The van der Waals surface area contributed by atoms with E-state index in [4.69, 9.17) is 0 Å². The van der Waals surface area contributed by atoms with Crippen LogP contribution in [0.5, 0.6) is 0 Å². The molecule has 0 radical (unpaired) electrons. The standard InChI is InChI=1S/C53H50.2CH3.Hf/c1-51(2,3)43-25-13-21-39(29-43)47-27-15-23-41-31-45(33-49(41)47)53(35-37-17-9-7-10-18-37,36-38-19-11-8-12-20-38)46-32-42-24-16-28-48(50(42)34-46)40-22-14-26-44(30-40)52(4,5)6;;;/h7-34H,35-36H2,1-6H3;2*1H3;. The van der Waals surface area contributed by atoms with Gasteiger partial charge in [-0.1, -0.05) is 0 Å². The Morgan fingerprint density at radius 1 is 0.464 bits per heavy atom. The first-order valence-electron chi connectivity index (χ1n) is 20.8. The van der Waals surface area contributed by atoms with Gasteiger partial charge in [0.2, 0.25) is 0 Å². The van der Waals surface area contributed by atoms with Gasteiger partial charge in [-0.2, -0.15) is 0 Å². The molecule has 1 saturated heterocycles. The van der Waals surface area contributed by atoms with E-state index in [-0.39, 0.29) is 16.2 Å². The van der Waals surface area contributed by atoms with E-state index in [0.29, 0.717) is 7.35 Å². The van der Waals surface area contributed by atoms with Gasteiger partial charge in [-0.3, -0.25) is 0 Å². The molecule has 56 heavy (non-hydrogen) atoms. The SMILES string of the molecule is CC(C)(C)c1cccc(-c2cccc3c2C=C2[CH]3[Hf]([CH3])([CH3])[CH]3C(=Cc4c(-c5cccc(C(C)(C)C)c5)cccc43)C2(Cc2ccccc2)Cc2ccccc2)c1. The average Bonchev–Trinajstić information content (AvgIpc) is 3.80. The first-order chi connectivity index (χ1) is 26.8. The number of hydrogen-bond acceptors (Lipinski definition) is 0. The van der Waals surface area contributed by atoms with Crippen molar-refractivity contribution in [2.75, 3.05) is 0 Å². The molecule has 0 aromatic heterocycles. The zero-order valence-corrected chi connectivity index (χ0v) is 38.2. The summed E-state index contributed by atoms with van der Waals surface area (Å²) in [4.78, 5) is 0. The van der Waals surface area contributed by atoms with Gasteiger partial charge in [0.25, 0.3) is 0 Å². The van der Waals surface area contributed by atoms with Crippen molar-refractivity contribution in [2.24, 2.45) is 5.41 Å². The van der Waals surface area contributed by atoms with Crippen LogP contribution in [-0.2, 0) is 43.6 Å². The fraction of sp³-hybridized carbons (Fsp3) is 0.273. The van der Waals surface area contributed by atoms with Gasteiger partial charge in [-0.15, -0.1) is 0 Å². The van der Waals surface area contributed by atoms with Gasteiger partial charge in [0.15, 0.2) is 0 Å². The molecule has 3 aliphatic rings. The first kappa shape index (κ1) is 37.3. The topological polar surface area (TPSA) is 0 Å². The van der Waals surface area contributed by atoms with Crippen LogP contribution in [0, 0.1) is 5.41 Å². The van der Waals surface area contributed by atoms with Crippen LogP contribution in [0.3, 0.4) is 0 Å². The van der Waals surface area contributed by atoms with Crippen molar-refractivity contribution in [1.82, 2.24) is 0 Å². The van der Waals surface area contributed by atoms with Gasteiger partial charge in [-0.25, -0.2) is 0 Å². The molecule has 2 atom stereocenters. The van der Waals surface area contributed by atoms with E-state index in [1.165, 1.54) is 55.6 Å². The Hall–Kier alpha value is -4.33. The second kappa shape index (κ2) is 13.7. The van der Waals surface area contributed by atoms with Crippen molar-refractivity contribution < 1.29 is 20.0 Å². The van der Waals surface area contributed by atoms with Gasteiger partial charge >= 0.3 is 343 Å². The van der Waals surface area contributed by atoms with E-state index >= 15 is 0 Å². The molecule has 1 heteroatoms. The molecule has 2 aliphatic carbocycles. The zero-order valence-electron chi connectivity index (χ0n) is 34.6. The Kier molecular flexibility index (Phi) is 9.09. The summed E-state index contributed by atoms with van der Waals surface area (Å²) < 4.78 is 6.56. The molecular weight excluding hydrogens is 839 g/mol. The molecule has 2 unspecified atom stereocenters. The van der Waals surface area contributed by atoms with Crippen molar-refractivity contribution in [3.8, 4) is 22.3 Å². The fourth-order valence-electron chi connectivity index (χ4n) is 10.7. The second-order valence-electron chi connectivity index (χ2n) is 19.6. The molecule has 6 aromatic rings. The molecular formula is C55H56Hf. The minimum atomic E-state index is -3.38. The molecule has 6 aromatic carbocycles. The van der Waals surface area contributed by atoms with Crippen LogP contribution in [0.15, 0.2) is 157 Å². The number of benzene rings is 6. The van der Waals surface area contributed by atoms with E-state index in [9.17, 15) is 0 Å². The molecule has 0 amide bonds. The molecule has 280 valence electrons. The summed E-state index contributed by atoms with van der Waals surface area (Å²) in [6, 6.07) is 56.1. The van der Waals surface area contributed by atoms with Crippen LogP contribution in [-0.4, -0.2) is 0 Å². The van der Waals surface area contributed by atoms with E-state index in [1.54, 1.807) is 22.3 Å². The van der Waals surface area contributed by atoms with Gasteiger partial charge in [0, 0.05) is 0 Å². The van der Waals surface area contributed by atoms with Gasteiger partial charge in [0.1, 0.15) is 0 Å². The first-order valence-corrected chi connectivity index (χ1v) is 32.1. The Labute approximate surface area is 340 Å². The minimum absolute atomic E-state index is 0.0875. The predicted molar refractivity (Wildman–Crippen MR) is 237 cm³/mol. The molecule has 0 N–H and O–H groups in total. The Morgan fingerprint density at radius 3 is 1.25 bits per heavy atom. The molecule has 0 spiro atoms. The maximum absolute atomic E-state index is 3.38. The van der Waals surface area contributed by atoms with Crippen molar-refractivity contribution in [1.29, 1.82) is 0 Å². The van der Waals surface area contributed by atoms with Crippen LogP contribution in [0.1, 0.15) is 93.4 Å². The number of allylic oxidation sites excluding steroid dienone is 2. The Morgan fingerprint density at radius 2 is 0.857 bits per heavy atom. The average molecular weight is 896 g/mol. The summed E-state index contributed by atoms with van der Waals surface area (Å²) in [6.45, 7) is 14.0. The molecule has 1 aliphatic heterocycles. The summed E-state index contributed by atoms with van der Waals surface area (Å²) in [5.74, 6) is 0. The normalized spacial score (nSPS) is 19.0. The van der Waals surface area contributed by atoms with Crippen molar-refractivity contribution in [2.45, 2.75) is 81.9 Å². The summed E-state index contributed by atoms with van der Waals surface area (Å²) in [5.41, 5.74) is 20.5. The van der Waals surface area contributed by atoms with E-state index in [2.05, 4.69) is 209 Å². The van der Waals surface area contributed by atoms with Crippen LogP contribution in [0.4, 0.5) is 0 Å². The van der Waals surface area contributed by atoms with Crippen molar-refractivity contribution in [3.05, 3.63) is 201 Å². The number of hydrogen-bond donors (Lipinski definition) is 0. The number of rotatable bonds is 6. The summed E-state index contributed by atoms with van der Waals surface area (Å²) >= 11 is -3.38. The van der Waals surface area contributed by atoms with Gasteiger partial charge in [-0.05, 0) is 0 Å². The van der Waals surface area contributed by atoms with Crippen LogP contribution < -0.4 is 0 Å². The Balaban J connectivity index is 1.32. The van der Waals surface area contributed by atoms with Gasteiger partial charge in [0.05, 0.1) is 0 Å². The van der Waals surface area contributed by atoms with Crippen molar-refractivity contribution >= 4 is 12.2 Å². The predicted octanol–water partition coefficient (Wildman–Crippen LogP) is 14.9. The van der Waals surface area contributed by atoms with Crippen LogP contribution in [0.25, 0.3) is 34.4 Å². The monoisotopic (exact) mass is 896 g/mol. The second-order valence-corrected chi connectivity index (χ2v) is 36.8. The summed E-state index contributed by atoms with van der Waals surface area (Å²) in [6.07, 6.45) is 7.42. The van der Waals surface area contributed by atoms with Crippen LogP contribution in [0.2, 0.25) is 9.36 Å². The fourth-order valence-corrected chi connectivity index (χ4v) is 27.8. The third kappa shape index (κ3) is 6.21. The summed E-state index contributed by atoms with van der Waals surface area (Å²) in [7, 11) is 0. The quantitative estimate of drug-likeness (QED) is 0.146. The zero-order chi connectivity index (χ0) is 39.0. The number of fused-ring (bicyclic) bond motifs is 6. The molecule has 9 rings (SSSR count). The summed E-state index contributed by atoms with van der Waals surface area (Å²) in [5, 5.41) is 0. The molecule has 1 fully saturated rings. The third-order valence-electron chi connectivity index (χ3n) is 13.5. The molecule has 0 bridgehead atoms.